The van der Waals surface area contributed by atoms with Crippen molar-refractivity contribution >= 4 is 45.9 Å². The zero-order chi connectivity index (χ0) is 16.8. The third kappa shape index (κ3) is 4.62. The molecule has 23 heavy (non-hydrogen) atoms. The molecule has 6 heteroatoms. The summed E-state index contributed by atoms with van der Waals surface area (Å²) in [7, 11) is 0. The highest BCUT2D eigenvalue weighted by Gasteiger charge is 2.14. The van der Waals surface area contributed by atoms with Gasteiger partial charge in [-0.15, -0.1) is 0 Å². The Kier molecular flexibility index (Phi) is 5.86. The quantitative estimate of drug-likeness (QED) is 0.455. The number of benzene rings is 2. The molecule has 0 atom stereocenters. The maximum atomic E-state index is 11.9. The van der Waals surface area contributed by atoms with Crippen molar-refractivity contribution in [2.45, 2.75) is 6.92 Å². The first-order valence-corrected chi connectivity index (χ1v) is 7.88. The average Bonchev–Trinajstić information content (AvgIpc) is 2.53. The molecule has 0 heterocycles. The van der Waals surface area contributed by atoms with E-state index in [1.807, 2.05) is 28.7 Å². The van der Waals surface area contributed by atoms with Gasteiger partial charge in [0.2, 0.25) is 0 Å². The van der Waals surface area contributed by atoms with Crippen LogP contribution < -0.4 is 5.32 Å². The Balaban J connectivity index is 1.97. The highest BCUT2D eigenvalue weighted by Crippen LogP contribution is 2.16. The van der Waals surface area contributed by atoms with E-state index in [-0.39, 0.29) is 5.78 Å². The van der Waals surface area contributed by atoms with Gasteiger partial charge >= 0.3 is 5.97 Å². The molecule has 0 saturated heterocycles. The van der Waals surface area contributed by atoms with Crippen LogP contribution in [-0.2, 0) is 9.53 Å². The lowest BCUT2D eigenvalue weighted by molar-refractivity contribution is -0.119. The predicted octanol–water partition coefficient (Wildman–Crippen LogP) is 3.29. The molecule has 5 nitrogen and oxygen atoms in total. The van der Waals surface area contributed by atoms with E-state index >= 15 is 0 Å². The predicted molar refractivity (Wildman–Crippen MR) is 94.5 cm³/mol. The number of rotatable bonds is 5. The third-order valence-corrected chi connectivity index (χ3v) is 3.95. The first-order valence-electron chi connectivity index (χ1n) is 6.80. The molecule has 118 valence electrons. The van der Waals surface area contributed by atoms with Crippen LogP contribution in [-0.4, -0.2) is 24.3 Å². The maximum Gasteiger partial charge on any atom is 0.339 e. The summed E-state index contributed by atoms with van der Waals surface area (Å²) in [5.74, 6) is -1.22. The summed E-state index contributed by atoms with van der Waals surface area (Å²) in [5, 5.41) is 2.57. The molecular formula is C17H14INO4. The zero-order valence-corrected chi connectivity index (χ0v) is 14.5. The summed E-state index contributed by atoms with van der Waals surface area (Å²) in [6, 6.07) is 13.6. The van der Waals surface area contributed by atoms with E-state index < -0.39 is 18.5 Å². The van der Waals surface area contributed by atoms with Crippen molar-refractivity contribution < 1.29 is 19.1 Å². The van der Waals surface area contributed by atoms with Crippen LogP contribution in [0.2, 0.25) is 0 Å². The van der Waals surface area contributed by atoms with Crippen LogP contribution in [0.4, 0.5) is 5.69 Å². The number of anilines is 1. The van der Waals surface area contributed by atoms with E-state index in [0.717, 1.165) is 3.57 Å². The number of carbonyl (C=O) groups is 3. The number of para-hydroxylation sites is 1. The van der Waals surface area contributed by atoms with Gasteiger partial charge < -0.3 is 10.1 Å². The van der Waals surface area contributed by atoms with Gasteiger partial charge in [-0.1, -0.05) is 24.3 Å². The fraction of sp³-hybridized carbons (Fsp3) is 0.118. The standard InChI is InChI=1S/C17H14INO4/c1-11(20)12-6-3-5-9-15(12)19-16(21)10-23-17(22)13-7-2-4-8-14(13)18/h2-9H,10H2,1H3,(H,19,21). The molecule has 2 aromatic carbocycles. The van der Waals surface area contributed by atoms with E-state index in [1.54, 1.807) is 42.5 Å². The molecule has 2 aromatic rings. The van der Waals surface area contributed by atoms with Gasteiger partial charge in [-0.05, 0) is 53.8 Å². The SMILES string of the molecule is CC(=O)c1ccccc1NC(=O)COC(=O)c1ccccc1I. The lowest BCUT2D eigenvalue weighted by Gasteiger charge is -2.10. The lowest BCUT2D eigenvalue weighted by atomic mass is 10.1. The first kappa shape index (κ1) is 17.1. The van der Waals surface area contributed by atoms with Gasteiger partial charge in [0.1, 0.15) is 0 Å². The summed E-state index contributed by atoms with van der Waals surface area (Å²) in [5.41, 5.74) is 1.21. The Hall–Kier alpha value is -2.22. The Bertz CT molecular complexity index is 758. The average molecular weight is 423 g/mol. The molecule has 0 aliphatic carbocycles. The number of carbonyl (C=O) groups excluding carboxylic acids is 3. The van der Waals surface area contributed by atoms with Gasteiger partial charge in [0.15, 0.2) is 12.4 Å². The van der Waals surface area contributed by atoms with E-state index in [1.165, 1.54) is 6.92 Å². The second-order valence-corrected chi connectivity index (χ2v) is 5.87. The number of amides is 1. The number of nitrogens with one attached hydrogen (secondary N) is 1. The van der Waals surface area contributed by atoms with Gasteiger partial charge in [0, 0.05) is 9.13 Å². The van der Waals surface area contributed by atoms with Crippen molar-refractivity contribution in [3.63, 3.8) is 0 Å². The number of hydrogen-bond donors (Lipinski definition) is 1. The van der Waals surface area contributed by atoms with Crippen LogP contribution in [0.3, 0.4) is 0 Å². The van der Waals surface area contributed by atoms with Crippen LogP contribution in [0.1, 0.15) is 27.6 Å². The molecule has 0 radical (unpaired) electrons. The van der Waals surface area contributed by atoms with Crippen molar-refractivity contribution in [3.8, 4) is 0 Å². The molecule has 2 rings (SSSR count). The number of halogens is 1. The van der Waals surface area contributed by atoms with Crippen molar-refractivity contribution in [2.75, 3.05) is 11.9 Å². The zero-order valence-electron chi connectivity index (χ0n) is 12.3. The smallest absolute Gasteiger partial charge is 0.339 e. The van der Waals surface area contributed by atoms with Crippen LogP contribution >= 0.6 is 22.6 Å². The highest BCUT2D eigenvalue weighted by atomic mass is 127. The van der Waals surface area contributed by atoms with Gasteiger partial charge in [-0.25, -0.2) is 4.79 Å². The molecular weight excluding hydrogens is 409 g/mol. The minimum atomic E-state index is -0.565. The Morgan fingerprint density at radius 1 is 1.00 bits per heavy atom. The summed E-state index contributed by atoms with van der Waals surface area (Å²) in [6.45, 7) is 0.998. The molecule has 0 spiro atoms. The number of esters is 1. The van der Waals surface area contributed by atoms with Crippen molar-refractivity contribution in [1.29, 1.82) is 0 Å². The van der Waals surface area contributed by atoms with Crippen molar-refractivity contribution in [2.24, 2.45) is 0 Å². The summed E-state index contributed by atoms with van der Waals surface area (Å²) < 4.78 is 5.75. The highest BCUT2D eigenvalue weighted by molar-refractivity contribution is 14.1. The fourth-order valence-corrected chi connectivity index (χ4v) is 2.53. The molecule has 0 aromatic heterocycles. The van der Waals surface area contributed by atoms with E-state index in [0.29, 0.717) is 16.8 Å². The molecule has 0 aliphatic heterocycles. The molecule has 1 amide bonds. The largest absolute Gasteiger partial charge is 0.452 e. The second kappa shape index (κ2) is 7.87. The normalized spacial score (nSPS) is 10.0. The number of Topliss-reactive ketones (excluding diaryl/α,β-unsaturated/α-hetero) is 1. The van der Waals surface area contributed by atoms with Gasteiger partial charge in [-0.2, -0.15) is 0 Å². The van der Waals surface area contributed by atoms with E-state index in [4.69, 9.17) is 4.74 Å². The van der Waals surface area contributed by atoms with Crippen LogP contribution in [0, 0.1) is 3.57 Å². The van der Waals surface area contributed by atoms with E-state index in [9.17, 15) is 14.4 Å². The number of ether oxygens (including phenoxy) is 1. The molecule has 0 aliphatic rings. The van der Waals surface area contributed by atoms with Gasteiger partial charge in [0.05, 0.1) is 11.3 Å². The van der Waals surface area contributed by atoms with Crippen LogP contribution in [0.5, 0.6) is 0 Å². The van der Waals surface area contributed by atoms with Crippen LogP contribution in [0.25, 0.3) is 0 Å². The Labute approximate surface area is 147 Å². The second-order valence-electron chi connectivity index (χ2n) is 4.71. The maximum absolute atomic E-state index is 11.9. The first-order chi connectivity index (χ1) is 11.0. The molecule has 0 saturated carbocycles. The fourth-order valence-electron chi connectivity index (χ4n) is 1.92. The third-order valence-electron chi connectivity index (χ3n) is 3.01. The Morgan fingerprint density at radius 2 is 1.61 bits per heavy atom. The summed E-state index contributed by atoms with van der Waals surface area (Å²) in [4.78, 5) is 35.3. The molecule has 1 N–H and O–H groups in total. The molecule has 0 unspecified atom stereocenters. The topological polar surface area (TPSA) is 72.5 Å². The van der Waals surface area contributed by atoms with Gasteiger partial charge in [-0.3, -0.25) is 9.59 Å². The lowest BCUT2D eigenvalue weighted by Crippen LogP contribution is -2.22. The molecule has 0 bridgehead atoms. The summed E-state index contributed by atoms with van der Waals surface area (Å²) >= 11 is 2.02. The number of hydrogen-bond acceptors (Lipinski definition) is 4. The van der Waals surface area contributed by atoms with Crippen LogP contribution in [0.15, 0.2) is 48.5 Å². The summed E-state index contributed by atoms with van der Waals surface area (Å²) in [6.07, 6.45) is 0. The molecule has 0 fully saturated rings. The van der Waals surface area contributed by atoms with Crippen molar-refractivity contribution in [1.82, 2.24) is 0 Å². The van der Waals surface area contributed by atoms with Crippen molar-refractivity contribution in [3.05, 3.63) is 63.2 Å². The monoisotopic (exact) mass is 423 g/mol. The van der Waals surface area contributed by atoms with Gasteiger partial charge in [0.25, 0.3) is 5.91 Å². The number of ketones is 1. The van der Waals surface area contributed by atoms with E-state index in [2.05, 4.69) is 5.32 Å². The Morgan fingerprint density at radius 3 is 2.26 bits per heavy atom. The minimum Gasteiger partial charge on any atom is -0.452 e. The minimum absolute atomic E-state index is 0.156.